The molecule has 1 aromatic carbocycles. The SMILES string of the molecule is CCc1ccc2c(C)c(C)sc2c1. The van der Waals surface area contributed by atoms with E-state index < -0.39 is 0 Å². The molecule has 0 amide bonds. The Morgan fingerprint density at radius 3 is 2.69 bits per heavy atom. The molecule has 13 heavy (non-hydrogen) atoms. The van der Waals surface area contributed by atoms with Crippen LogP contribution in [0.4, 0.5) is 0 Å². The molecule has 0 fully saturated rings. The molecule has 0 radical (unpaired) electrons. The smallest absolute Gasteiger partial charge is 0.0351 e. The molecule has 0 nitrogen and oxygen atoms in total. The minimum absolute atomic E-state index is 1.13. The molecule has 68 valence electrons. The van der Waals surface area contributed by atoms with Crippen molar-refractivity contribution in [2.45, 2.75) is 27.2 Å². The van der Waals surface area contributed by atoms with E-state index in [1.165, 1.54) is 26.1 Å². The van der Waals surface area contributed by atoms with Crippen molar-refractivity contribution < 1.29 is 0 Å². The van der Waals surface area contributed by atoms with E-state index in [-0.39, 0.29) is 0 Å². The van der Waals surface area contributed by atoms with Gasteiger partial charge in [-0.15, -0.1) is 11.3 Å². The van der Waals surface area contributed by atoms with E-state index in [0.29, 0.717) is 0 Å². The summed E-state index contributed by atoms with van der Waals surface area (Å²) >= 11 is 1.91. The summed E-state index contributed by atoms with van der Waals surface area (Å²) in [5.41, 5.74) is 2.89. The van der Waals surface area contributed by atoms with Crippen molar-refractivity contribution in [3.05, 3.63) is 34.2 Å². The monoisotopic (exact) mass is 190 g/mol. The minimum Gasteiger partial charge on any atom is -0.140 e. The topological polar surface area (TPSA) is 0 Å². The molecule has 0 spiro atoms. The quantitative estimate of drug-likeness (QED) is 0.635. The van der Waals surface area contributed by atoms with E-state index in [9.17, 15) is 0 Å². The zero-order chi connectivity index (χ0) is 9.42. The number of rotatable bonds is 1. The number of benzene rings is 1. The van der Waals surface area contributed by atoms with Gasteiger partial charge >= 0.3 is 0 Å². The molecule has 2 rings (SSSR count). The van der Waals surface area contributed by atoms with E-state index in [1.807, 2.05) is 11.3 Å². The van der Waals surface area contributed by atoms with Crippen LogP contribution in [0.25, 0.3) is 10.1 Å². The van der Waals surface area contributed by atoms with Gasteiger partial charge in [0.1, 0.15) is 0 Å². The molecule has 0 atom stereocenters. The maximum absolute atomic E-state index is 2.32. The first-order chi connectivity index (χ1) is 6.22. The third-order valence-corrected chi connectivity index (χ3v) is 3.82. The summed E-state index contributed by atoms with van der Waals surface area (Å²) in [6.45, 7) is 6.61. The van der Waals surface area contributed by atoms with Crippen molar-refractivity contribution in [3.63, 3.8) is 0 Å². The summed E-state index contributed by atoms with van der Waals surface area (Å²) in [5.74, 6) is 0. The Kier molecular flexibility index (Phi) is 2.12. The normalized spacial score (nSPS) is 11.0. The predicted octanol–water partition coefficient (Wildman–Crippen LogP) is 4.08. The van der Waals surface area contributed by atoms with Crippen LogP contribution in [0.3, 0.4) is 0 Å². The van der Waals surface area contributed by atoms with Gasteiger partial charge in [0.25, 0.3) is 0 Å². The predicted molar refractivity (Wildman–Crippen MR) is 60.7 cm³/mol. The molecule has 0 aliphatic heterocycles. The molecule has 0 aliphatic rings. The molecule has 0 saturated heterocycles. The number of hydrogen-bond acceptors (Lipinski definition) is 1. The fourth-order valence-corrected chi connectivity index (χ4v) is 2.75. The molecule has 0 N–H and O–H groups in total. The van der Waals surface area contributed by atoms with Gasteiger partial charge in [0.05, 0.1) is 0 Å². The highest BCUT2D eigenvalue weighted by molar-refractivity contribution is 7.19. The van der Waals surface area contributed by atoms with Crippen molar-refractivity contribution in [2.75, 3.05) is 0 Å². The van der Waals surface area contributed by atoms with E-state index in [2.05, 4.69) is 39.0 Å². The van der Waals surface area contributed by atoms with Gasteiger partial charge in [-0.05, 0) is 42.8 Å². The maximum Gasteiger partial charge on any atom is 0.0351 e. The first-order valence-corrected chi connectivity index (χ1v) is 5.52. The third-order valence-electron chi connectivity index (χ3n) is 2.65. The van der Waals surface area contributed by atoms with Gasteiger partial charge < -0.3 is 0 Å². The van der Waals surface area contributed by atoms with Gasteiger partial charge in [-0.3, -0.25) is 0 Å². The van der Waals surface area contributed by atoms with E-state index >= 15 is 0 Å². The standard InChI is InChI=1S/C12H14S/c1-4-10-5-6-11-8(2)9(3)13-12(11)7-10/h5-7H,4H2,1-3H3. The van der Waals surface area contributed by atoms with Crippen molar-refractivity contribution in [1.29, 1.82) is 0 Å². The minimum atomic E-state index is 1.13. The fraction of sp³-hybridized carbons (Fsp3) is 0.333. The second kappa shape index (κ2) is 3.15. The molecule has 2 aromatic rings. The highest BCUT2D eigenvalue weighted by Crippen LogP contribution is 2.30. The summed E-state index contributed by atoms with van der Waals surface area (Å²) in [4.78, 5) is 1.45. The van der Waals surface area contributed by atoms with Crippen LogP contribution in [0.15, 0.2) is 18.2 Å². The maximum atomic E-state index is 2.32. The van der Waals surface area contributed by atoms with Crippen LogP contribution in [-0.2, 0) is 6.42 Å². The molecule has 0 aliphatic carbocycles. The molecule has 1 heterocycles. The lowest BCUT2D eigenvalue weighted by Gasteiger charge is -1.96. The molecule has 1 heteroatoms. The van der Waals surface area contributed by atoms with Crippen LogP contribution in [0, 0.1) is 13.8 Å². The van der Waals surface area contributed by atoms with E-state index in [1.54, 1.807) is 0 Å². The van der Waals surface area contributed by atoms with Gasteiger partial charge in [-0.1, -0.05) is 19.1 Å². The Labute approximate surface area is 83.2 Å². The van der Waals surface area contributed by atoms with Gasteiger partial charge in [-0.25, -0.2) is 0 Å². The summed E-state index contributed by atoms with van der Waals surface area (Å²) in [5, 5.41) is 1.43. The van der Waals surface area contributed by atoms with Gasteiger partial charge in [0.15, 0.2) is 0 Å². The average Bonchev–Trinajstić information content (AvgIpc) is 2.42. The highest BCUT2D eigenvalue weighted by Gasteiger charge is 2.04. The van der Waals surface area contributed by atoms with Crippen LogP contribution >= 0.6 is 11.3 Å². The Morgan fingerprint density at radius 2 is 2.00 bits per heavy atom. The number of thiophene rings is 1. The summed E-state index contributed by atoms with van der Waals surface area (Å²) in [7, 11) is 0. The molecular formula is C12H14S. The summed E-state index contributed by atoms with van der Waals surface area (Å²) < 4.78 is 1.44. The Bertz CT molecular complexity index is 438. The molecule has 0 saturated carbocycles. The van der Waals surface area contributed by atoms with E-state index in [4.69, 9.17) is 0 Å². The lowest BCUT2D eigenvalue weighted by molar-refractivity contribution is 1.15. The largest absolute Gasteiger partial charge is 0.140 e. The summed E-state index contributed by atoms with van der Waals surface area (Å²) in [6, 6.07) is 6.81. The molecular weight excluding hydrogens is 176 g/mol. The first kappa shape index (κ1) is 8.76. The van der Waals surface area contributed by atoms with Gasteiger partial charge in [-0.2, -0.15) is 0 Å². The Balaban J connectivity index is 2.73. The van der Waals surface area contributed by atoms with Crippen LogP contribution in [0.1, 0.15) is 22.9 Å². The second-order valence-corrected chi connectivity index (χ2v) is 4.72. The lowest BCUT2D eigenvalue weighted by Crippen LogP contribution is -1.77. The van der Waals surface area contributed by atoms with Crippen molar-refractivity contribution in [1.82, 2.24) is 0 Å². The van der Waals surface area contributed by atoms with Crippen LogP contribution in [-0.4, -0.2) is 0 Å². The molecule has 0 unspecified atom stereocenters. The van der Waals surface area contributed by atoms with Gasteiger partial charge in [0, 0.05) is 9.58 Å². The van der Waals surface area contributed by atoms with Gasteiger partial charge in [0.2, 0.25) is 0 Å². The van der Waals surface area contributed by atoms with Crippen molar-refractivity contribution >= 4 is 21.4 Å². The van der Waals surface area contributed by atoms with Crippen molar-refractivity contribution in [2.24, 2.45) is 0 Å². The third kappa shape index (κ3) is 1.37. The number of aryl methyl sites for hydroxylation is 3. The first-order valence-electron chi connectivity index (χ1n) is 4.71. The number of hydrogen-bond donors (Lipinski definition) is 0. The fourth-order valence-electron chi connectivity index (χ4n) is 1.61. The van der Waals surface area contributed by atoms with Crippen LogP contribution in [0.2, 0.25) is 0 Å². The zero-order valence-electron chi connectivity index (χ0n) is 8.35. The van der Waals surface area contributed by atoms with Crippen LogP contribution in [0.5, 0.6) is 0 Å². The Morgan fingerprint density at radius 1 is 1.23 bits per heavy atom. The second-order valence-electron chi connectivity index (χ2n) is 3.47. The number of fused-ring (bicyclic) bond motifs is 1. The summed E-state index contributed by atoms with van der Waals surface area (Å²) in [6.07, 6.45) is 1.13. The van der Waals surface area contributed by atoms with E-state index in [0.717, 1.165) is 6.42 Å². The highest BCUT2D eigenvalue weighted by atomic mass is 32.1. The molecule has 0 bridgehead atoms. The average molecular weight is 190 g/mol. The van der Waals surface area contributed by atoms with Crippen LogP contribution < -0.4 is 0 Å². The van der Waals surface area contributed by atoms with Crippen molar-refractivity contribution in [3.8, 4) is 0 Å². The lowest BCUT2D eigenvalue weighted by atomic mass is 10.1. The Hall–Kier alpha value is -0.820. The zero-order valence-corrected chi connectivity index (χ0v) is 9.16. The molecule has 1 aromatic heterocycles.